The van der Waals surface area contributed by atoms with Gasteiger partial charge in [0.15, 0.2) is 0 Å². The summed E-state index contributed by atoms with van der Waals surface area (Å²) >= 11 is 0. The van der Waals surface area contributed by atoms with Crippen LogP contribution in [0.5, 0.6) is 0 Å². The third-order valence-corrected chi connectivity index (χ3v) is 1.95. The third-order valence-electron chi connectivity index (χ3n) is 1.95. The van der Waals surface area contributed by atoms with E-state index in [0.717, 1.165) is 6.07 Å². The molecule has 0 fully saturated rings. The molecule has 2 nitrogen and oxygen atoms in total. The average molecular weight is 244 g/mol. The Hall–Kier alpha value is -1.78. The summed E-state index contributed by atoms with van der Waals surface area (Å²) in [5, 5.41) is 0. The number of esters is 1. The molecule has 1 rings (SSSR count). The zero-order chi connectivity index (χ0) is 12.9. The Labute approximate surface area is 96.7 Å². The highest BCUT2D eigenvalue weighted by Crippen LogP contribution is 2.32. The molecule has 5 heteroatoms. The molecule has 0 saturated carbocycles. The van der Waals surface area contributed by atoms with E-state index in [1.54, 1.807) is 0 Å². The summed E-state index contributed by atoms with van der Waals surface area (Å²) in [6, 6.07) is 5.20. The lowest BCUT2D eigenvalue weighted by Gasteiger charge is -2.09. The zero-order valence-electron chi connectivity index (χ0n) is 9.12. The topological polar surface area (TPSA) is 26.3 Å². The molecule has 0 aliphatic carbocycles. The van der Waals surface area contributed by atoms with Gasteiger partial charge in [0.2, 0.25) is 0 Å². The van der Waals surface area contributed by atoms with Crippen LogP contribution < -0.4 is 0 Å². The number of hydrogen-bond acceptors (Lipinski definition) is 2. The Balaban J connectivity index is 2.81. The van der Waals surface area contributed by atoms with Crippen LogP contribution in [0.4, 0.5) is 13.2 Å². The van der Waals surface area contributed by atoms with Gasteiger partial charge in [-0.1, -0.05) is 24.3 Å². The summed E-state index contributed by atoms with van der Waals surface area (Å²) in [6.45, 7) is 1.19. The van der Waals surface area contributed by atoms with E-state index in [9.17, 15) is 18.0 Å². The van der Waals surface area contributed by atoms with Gasteiger partial charge in [-0.25, -0.2) is 0 Å². The summed E-state index contributed by atoms with van der Waals surface area (Å²) in [6.07, 6.45) is -1.74. The van der Waals surface area contributed by atoms with Gasteiger partial charge < -0.3 is 4.74 Å². The van der Waals surface area contributed by atoms with Crippen molar-refractivity contribution in [2.45, 2.75) is 13.1 Å². The maximum Gasteiger partial charge on any atom is 0.416 e. The number of hydrogen-bond donors (Lipinski definition) is 0. The molecule has 1 aromatic carbocycles. The van der Waals surface area contributed by atoms with Gasteiger partial charge >= 0.3 is 12.1 Å². The molecule has 0 heterocycles. The van der Waals surface area contributed by atoms with E-state index >= 15 is 0 Å². The predicted molar refractivity (Wildman–Crippen MR) is 57.1 cm³/mol. The molecule has 0 aliphatic heterocycles. The Morgan fingerprint density at radius 2 is 2.00 bits per heavy atom. The van der Waals surface area contributed by atoms with Crippen LogP contribution in [0.2, 0.25) is 0 Å². The molecule has 0 radical (unpaired) electrons. The van der Waals surface area contributed by atoms with Gasteiger partial charge in [0, 0.05) is 6.92 Å². The molecule has 1 aromatic rings. The van der Waals surface area contributed by atoms with Crippen LogP contribution in [-0.2, 0) is 15.7 Å². The highest BCUT2D eigenvalue weighted by molar-refractivity contribution is 5.66. The summed E-state index contributed by atoms with van der Waals surface area (Å²) in [5.41, 5.74) is -0.661. The molecular weight excluding hydrogens is 233 g/mol. The molecule has 0 aliphatic rings. The Morgan fingerprint density at radius 1 is 1.35 bits per heavy atom. The van der Waals surface area contributed by atoms with Crippen molar-refractivity contribution in [1.82, 2.24) is 0 Å². The van der Waals surface area contributed by atoms with Crippen molar-refractivity contribution in [3.63, 3.8) is 0 Å². The lowest BCUT2D eigenvalue weighted by Crippen LogP contribution is -2.07. The molecule has 92 valence electrons. The molecular formula is C12H11F3O2. The van der Waals surface area contributed by atoms with Crippen LogP contribution in [0.15, 0.2) is 30.3 Å². The number of halogens is 3. The van der Waals surface area contributed by atoms with Gasteiger partial charge in [0.25, 0.3) is 0 Å². The van der Waals surface area contributed by atoms with E-state index in [1.807, 2.05) is 0 Å². The number of carbonyl (C=O) groups excluding carboxylic acids is 1. The second-order valence-electron chi connectivity index (χ2n) is 3.29. The van der Waals surface area contributed by atoms with Crippen molar-refractivity contribution in [3.05, 3.63) is 41.5 Å². The van der Waals surface area contributed by atoms with Crippen LogP contribution in [0.1, 0.15) is 18.1 Å². The van der Waals surface area contributed by atoms with Crippen LogP contribution >= 0.6 is 0 Å². The van der Waals surface area contributed by atoms with Crippen LogP contribution in [0, 0.1) is 0 Å². The quantitative estimate of drug-likeness (QED) is 0.763. The van der Waals surface area contributed by atoms with Crippen LogP contribution in [0.3, 0.4) is 0 Å². The van der Waals surface area contributed by atoms with Crippen molar-refractivity contribution in [2.24, 2.45) is 0 Å². The van der Waals surface area contributed by atoms with Gasteiger partial charge in [-0.15, -0.1) is 0 Å². The minimum Gasteiger partial charge on any atom is -0.462 e. The van der Waals surface area contributed by atoms with Crippen molar-refractivity contribution in [1.29, 1.82) is 0 Å². The highest BCUT2D eigenvalue weighted by Gasteiger charge is 2.32. The Bertz CT molecular complexity index is 422. The molecule has 0 unspecified atom stereocenters. The fourth-order valence-corrected chi connectivity index (χ4v) is 1.24. The second kappa shape index (κ2) is 5.52. The average Bonchev–Trinajstić information content (AvgIpc) is 2.23. The highest BCUT2D eigenvalue weighted by atomic mass is 19.4. The van der Waals surface area contributed by atoms with Crippen LogP contribution in [0.25, 0.3) is 6.08 Å². The van der Waals surface area contributed by atoms with E-state index in [0.29, 0.717) is 0 Å². The predicted octanol–water partition coefficient (Wildman–Crippen LogP) is 3.28. The van der Waals surface area contributed by atoms with E-state index in [-0.39, 0.29) is 12.2 Å². The number of ether oxygens (including phenoxy) is 1. The van der Waals surface area contributed by atoms with E-state index in [4.69, 9.17) is 0 Å². The van der Waals surface area contributed by atoms with Crippen molar-refractivity contribution in [2.75, 3.05) is 6.61 Å². The first-order valence-corrected chi connectivity index (χ1v) is 4.87. The summed E-state index contributed by atoms with van der Waals surface area (Å²) in [7, 11) is 0. The minimum absolute atomic E-state index is 0.0402. The monoisotopic (exact) mass is 244 g/mol. The van der Waals surface area contributed by atoms with E-state index in [1.165, 1.54) is 37.3 Å². The smallest absolute Gasteiger partial charge is 0.416 e. The maximum atomic E-state index is 12.6. The zero-order valence-corrected chi connectivity index (χ0v) is 9.12. The first kappa shape index (κ1) is 13.3. The summed E-state index contributed by atoms with van der Waals surface area (Å²) < 4.78 is 42.3. The van der Waals surface area contributed by atoms with Crippen LogP contribution in [-0.4, -0.2) is 12.6 Å². The van der Waals surface area contributed by atoms with Crippen molar-refractivity contribution >= 4 is 12.0 Å². The number of alkyl halides is 3. The van der Waals surface area contributed by atoms with Crippen molar-refractivity contribution < 1.29 is 22.7 Å². The molecule has 0 spiro atoms. The van der Waals surface area contributed by atoms with E-state index in [2.05, 4.69) is 4.74 Å². The maximum absolute atomic E-state index is 12.6. The normalized spacial score (nSPS) is 11.8. The number of carbonyl (C=O) groups is 1. The molecule has 0 amide bonds. The Kier molecular flexibility index (Phi) is 4.31. The Morgan fingerprint density at radius 3 is 2.59 bits per heavy atom. The van der Waals surface area contributed by atoms with Gasteiger partial charge in [0.05, 0.1) is 5.56 Å². The van der Waals surface area contributed by atoms with E-state index < -0.39 is 17.7 Å². The minimum atomic E-state index is -4.39. The second-order valence-corrected chi connectivity index (χ2v) is 3.29. The summed E-state index contributed by atoms with van der Waals surface area (Å²) in [4.78, 5) is 10.4. The molecule has 0 saturated heterocycles. The molecule has 0 bridgehead atoms. The van der Waals surface area contributed by atoms with Gasteiger partial charge in [-0.3, -0.25) is 4.79 Å². The summed E-state index contributed by atoms with van der Waals surface area (Å²) in [5.74, 6) is -0.473. The van der Waals surface area contributed by atoms with Crippen molar-refractivity contribution in [3.8, 4) is 0 Å². The number of rotatable bonds is 3. The fraction of sp³-hybridized carbons (Fsp3) is 0.250. The first-order chi connectivity index (χ1) is 7.91. The molecule has 0 N–H and O–H groups in total. The third kappa shape index (κ3) is 4.30. The lowest BCUT2D eigenvalue weighted by atomic mass is 10.1. The fourth-order valence-electron chi connectivity index (χ4n) is 1.24. The molecule has 0 atom stereocenters. The molecule has 17 heavy (non-hydrogen) atoms. The van der Waals surface area contributed by atoms with Gasteiger partial charge in [-0.05, 0) is 17.7 Å². The standard InChI is InChI=1S/C12H11F3O2/c1-9(16)17-8-4-6-10-5-2-3-7-11(10)12(13,14)15/h2-7H,8H2,1H3/b6-4+. The van der Waals surface area contributed by atoms with Gasteiger partial charge in [-0.2, -0.15) is 13.2 Å². The number of benzene rings is 1. The first-order valence-electron chi connectivity index (χ1n) is 4.87. The lowest BCUT2D eigenvalue weighted by molar-refractivity contribution is -0.140. The largest absolute Gasteiger partial charge is 0.462 e. The SMILES string of the molecule is CC(=O)OC/C=C/c1ccccc1C(F)(F)F. The molecule has 0 aromatic heterocycles. The van der Waals surface area contributed by atoms with Gasteiger partial charge in [0.1, 0.15) is 6.61 Å².